The normalized spacial score (nSPS) is 12.0. The topological polar surface area (TPSA) is 58.6 Å². The van der Waals surface area contributed by atoms with Crippen LogP contribution in [0, 0.1) is 6.92 Å². The highest BCUT2D eigenvalue weighted by atomic mass is 35.5. The Kier molecular flexibility index (Phi) is 8.94. The number of nitrogens with one attached hydrogen (secondary N) is 1. The van der Waals surface area contributed by atoms with E-state index >= 15 is 0 Å². The molecule has 184 valence electrons. The van der Waals surface area contributed by atoms with Gasteiger partial charge in [-0.15, -0.1) is 0 Å². The number of ether oxygens (including phenoxy) is 1. The molecule has 0 bridgehead atoms. The van der Waals surface area contributed by atoms with Crippen molar-refractivity contribution in [3.8, 4) is 5.75 Å². The van der Waals surface area contributed by atoms with Crippen LogP contribution >= 0.6 is 11.6 Å². The number of benzene rings is 3. The Balaban J connectivity index is 1.94. The fraction of sp³-hybridized carbons (Fsp3) is 0.310. The van der Waals surface area contributed by atoms with Crippen molar-refractivity contribution in [2.45, 2.75) is 52.2 Å². The first-order valence-electron chi connectivity index (χ1n) is 11.7. The first-order chi connectivity index (χ1) is 16.6. The number of carbonyl (C=O) groups excluding carboxylic acids is 2. The Morgan fingerprint density at radius 1 is 0.971 bits per heavy atom. The van der Waals surface area contributed by atoms with Gasteiger partial charge in [0, 0.05) is 23.5 Å². The fourth-order valence-electron chi connectivity index (χ4n) is 3.75. The smallest absolute Gasteiger partial charge is 0.261 e. The maximum Gasteiger partial charge on any atom is 0.261 e. The zero-order chi connectivity index (χ0) is 25.4. The first-order valence-corrected chi connectivity index (χ1v) is 12.1. The van der Waals surface area contributed by atoms with E-state index in [4.69, 9.17) is 16.3 Å². The molecule has 0 fully saturated rings. The average Bonchev–Trinajstić information content (AvgIpc) is 2.80. The molecule has 1 atom stereocenters. The van der Waals surface area contributed by atoms with Crippen LogP contribution in [0.15, 0.2) is 78.9 Å². The third-order valence-corrected chi connectivity index (χ3v) is 5.79. The van der Waals surface area contributed by atoms with Gasteiger partial charge in [0.25, 0.3) is 5.91 Å². The Morgan fingerprint density at radius 3 is 2.31 bits per heavy atom. The lowest BCUT2D eigenvalue weighted by Gasteiger charge is -2.34. The van der Waals surface area contributed by atoms with Crippen LogP contribution in [-0.2, 0) is 22.6 Å². The van der Waals surface area contributed by atoms with Crippen LogP contribution in [0.5, 0.6) is 5.75 Å². The maximum atomic E-state index is 13.6. The lowest BCUT2D eigenvalue weighted by atomic mass is 10.0. The van der Waals surface area contributed by atoms with Gasteiger partial charge in [0.1, 0.15) is 11.8 Å². The maximum absolute atomic E-state index is 13.6. The Morgan fingerprint density at radius 2 is 1.66 bits per heavy atom. The van der Waals surface area contributed by atoms with Crippen LogP contribution in [0.3, 0.4) is 0 Å². The molecule has 6 heteroatoms. The lowest BCUT2D eigenvalue weighted by molar-refractivity contribution is -0.143. The molecule has 0 spiro atoms. The molecule has 3 aromatic carbocycles. The number of hydrogen-bond acceptors (Lipinski definition) is 3. The lowest BCUT2D eigenvalue weighted by Crippen LogP contribution is -2.55. The molecule has 0 heterocycles. The van der Waals surface area contributed by atoms with Crippen molar-refractivity contribution in [2.24, 2.45) is 0 Å². The Bertz CT molecular complexity index is 1140. The average molecular weight is 493 g/mol. The summed E-state index contributed by atoms with van der Waals surface area (Å²) in [7, 11) is 0. The van der Waals surface area contributed by atoms with E-state index in [2.05, 4.69) is 5.32 Å². The van der Waals surface area contributed by atoms with E-state index in [9.17, 15) is 9.59 Å². The quantitative estimate of drug-likeness (QED) is 0.424. The molecule has 0 saturated heterocycles. The number of rotatable bonds is 9. The summed E-state index contributed by atoms with van der Waals surface area (Å²) in [4.78, 5) is 28.7. The van der Waals surface area contributed by atoms with Crippen molar-refractivity contribution in [1.82, 2.24) is 10.2 Å². The van der Waals surface area contributed by atoms with E-state index < -0.39 is 11.6 Å². The predicted octanol–water partition coefficient (Wildman–Crippen LogP) is 5.58. The van der Waals surface area contributed by atoms with Gasteiger partial charge in [-0.05, 0) is 62.6 Å². The van der Waals surface area contributed by atoms with Gasteiger partial charge in [-0.25, -0.2) is 0 Å². The second kappa shape index (κ2) is 11.9. The molecule has 35 heavy (non-hydrogen) atoms. The van der Waals surface area contributed by atoms with Crippen LogP contribution < -0.4 is 10.1 Å². The molecule has 0 aliphatic heterocycles. The number of aryl methyl sites for hydroxylation is 1. The van der Waals surface area contributed by atoms with E-state index in [-0.39, 0.29) is 25.0 Å². The van der Waals surface area contributed by atoms with Crippen molar-refractivity contribution < 1.29 is 14.3 Å². The fourth-order valence-corrected chi connectivity index (χ4v) is 3.95. The highest BCUT2D eigenvalue weighted by Gasteiger charge is 2.32. The van der Waals surface area contributed by atoms with Gasteiger partial charge in [0.05, 0.1) is 0 Å². The molecule has 0 aliphatic carbocycles. The molecule has 1 N–H and O–H groups in total. The number of halogens is 1. The van der Waals surface area contributed by atoms with Crippen LogP contribution in [0.2, 0.25) is 5.02 Å². The van der Waals surface area contributed by atoms with Crippen LogP contribution in [0.1, 0.15) is 37.5 Å². The molecule has 0 saturated carbocycles. The Hall–Kier alpha value is -3.31. The predicted molar refractivity (Wildman–Crippen MR) is 141 cm³/mol. The molecule has 0 radical (unpaired) electrons. The van der Waals surface area contributed by atoms with Gasteiger partial charge >= 0.3 is 0 Å². The molecule has 0 aromatic heterocycles. The minimum Gasteiger partial charge on any atom is -0.484 e. The molecule has 3 aromatic rings. The van der Waals surface area contributed by atoms with E-state index in [0.29, 0.717) is 17.2 Å². The summed E-state index contributed by atoms with van der Waals surface area (Å²) < 4.78 is 5.82. The van der Waals surface area contributed by atoms with Gasteiger partial charge in [-0.1, -0.05) is 72.3 Å². The molecular weight excluding hydrogens is 460 g/mol. The van der Waals surface area contributed by atoms with Crippen LogP contribution in [0.4, 0.5) is 0 Å². The molecule has 5 nitrogen and oxygen atoms in total. The zero-order valence-electron chi connectivity index (χ0n) is 20.8. The zero-order valence-corrected chi connectivity index (χ0v) is 21.5. The largest absolute Gasteiger partial charge is 0.484 e. The molecule has 3 rings (SSSR count). The summed E-state index contributed by atoms with van der Waals surface area (Å²) >= 11 is 6.44. The SMILES string of the molecule is Cc1cccc(OCC(=O)N(Cc2ccccc2Cl)C(Cc2ccccc2)C(=O)NC(C)(C)C)c1. The number of carbonyl (C=O) groups is 2. The summed E-state index contributed by atoms with van der Waals surface area (Å²) in [5, 5.41) is 3.59. The van der Waals surface area contributed by atoms with E-state index in [1.165, 1.54) is 0 Å². The van der Waals surface area contributed by atoms with Crippen molar-refractivity contribution in [3.63, 3.8) is 0 Å². The minimum atomic E-state index is -0.749. The van der Waals surface area contributed by atoms with Crippen molar-refractivity contribution >= 4 is 23.4 Å². The number of amides is 2. The molecule has 0 aliphatic rings. The highest BCUT2D eigenvalue weighted by molar-refractivity contribution is 6.31. The first kappa shape index (κ1) is 26.3. The van der Waals surface area contributed by atoms with Gasteiger partial charge in [0.15, 0.2) is 6.61 Å². The van der Waals surface area contributed by atoms with E-state index in [0.717, 1.165) is 16.7 Å². The molecule has 2 amide bonds. The summed E-state index contributed by atoms with van der Waals surface area (Å²) in [5.41, 5.74) is 2.30. The Labute approximate surface area is 213 Å². The minimum absolute atomic E-state index is 0.185. The third kappa shape index (κ3) is 8.15. The molecular formula is C29H33ClN2O3. The van der Waals surface area contributed by atoms with E-state index in [1.807, 2.05) is 100 Å². The standard InChI is InChI=1S/C29H33ClN2O3/c1-21-11-10-15-24(17-21)35-20-27(33)32(19-23-14-8-9-16-25(23)30)26(28(34)31-29(2,3)4)18-22-12-6-5-7-13-22/h5-17,26H,18-20H2,1-4H3,(H,31,34). The summed E-state index contributed by atoms with van der Waals surface area (Å²) in [6.45, 7) is 7.72. The van der Waals surface area contributed by atoms with Crippen molar-refractivity contribution in [2.75, 3.05) is 6.61 Å². The van der Waals surface area contributed by atoms with E-state index in [1.54, 1.807) is 11.0 Å². The van der Waals surface area contributed by atoms with Crippen molar-refractivity contribution in [1.29, 1.82) is 0 Å². The van der Waals surface area contributed by atoms with Gasteiger partial charge in [-0.2, -0.15) is 0 Å². The van der Waals surface area contributed by atoms with Crippen molar-refractivity contribution in [3.05, 3.63) is 101 Å². The molecule has 1 unspecified atom stereocenters. The summed E-state index contributed by atoms with van der Waals surface area (Å²) in [6, 6.07) is 23.8. The van der Waals surface area contributed by atoms with Gasteiger partial charge < -0.3 is 15.0 Å². The van der Waals surface area contributed by atoms with Crippen LogP contribution in [-0.4, -0.2) is 34.9 Å². The summed E-state index contributed by atoms with van der Waals surface area (Å²) in [5.74, 6) is 0.0866. The van der Waals surface area contributed by atoms with Gasteiger partial charge in [-0.3, -0.25) is 9.59 Å². The van der Waals surface area contributed by atoms with Crippen LogP contribution in [0.25, 0.3) is 0 Å². The second-order valence-electron chi connectivity index (χ2n) is 9.66. The highest BCUT2D eigenvalue weighted by Crippen LogP contribution is 2.21. The third-order valence-electron chi connectivity index (χ3n) is 5.42. The van der Waals surface area contributed by atoms with Gasteiger partial charge in [0.2, 0.25) is 5.91 Å². The number of hydrogen-bond donors (Lipinski definition) is 1. The number of nitrogens with zero attached hydrogens (tertiary/aromatic N) is 1. The monoisotopic (exact) mass is 492 g/mol. The summed E-state index contributed by atoms with van der Waals surface area (Å²) in [6.07, 6.45) is 0.364. The second-order valence-corrected chi connectivity index (χ2v) is 10.1.